The highest BCUT2D eigenvalue weighted by Crippen LogP contribution is 2.19. The summed E-state index contributed by atoms with van der Waals surface area (Å²) in [4.78, 5) is 1.82. The van der Waals surface area contributed by atoms with Crippen LogP contribution in [0.15, 0.2) is 16.5 Å². The Hall–Kier alpha value is -1.27. The predicted octanol–water partition coefficient (Wildman–Crippen LogP) is 1.71. The maximum Gasteiger partial charge on any atom is 0.156 e. The number of nitriles is 1. The molecule has 0 aliphatic carbocycles. The summed E-state index contributed by atoms with van der Waals surface area (Å²) in [6.45, 7) is 1.87. The molecule has 0 aliphatic heterocycles. The van der Waals surface area contributed by atoms with Crippen molar-refractivity contribution in [1.82, 2.24) is 4.90 Å². The predicted molar refractivity (Wildman–Crippen MR) is 45.5 cm³/mol. The average Bonchev–Trinajstić information content (AvgIpc) is 2.37. The van der Waals surface area contributed by atoms with Crippen molar-refractivity contribution in [3.63, 3.8) is 0 Å². The van der Waals surface area contributed by atoms with E-state index >= 15 is 0 Å². The van der Waals surface area contributed by atoms with E-state index in [2.05, 4.69) is 6.07 Å². The van der Waals surface area contributed by atoms with Gasteiger partial charge in [0.2, 0.25) is 0 Å². The first-order chi connectivity index (χ1) is 5.65. The third kappa shape index (κ3) is 1.66. The summed E-state index contributed by atoms with van der Waals surface area (Å²) < 4.78 is 5.33. The van der Waals surface area contributed by atoms with Crippen LogP contribution in [0.25, 0.3) is 0 Å². The number of furan rings is 1. The summed E-state index contributed by atoms with van der Waals surface area (Å²) in [7, 11) is 3.71. The van der Waals surface area contributed by atoms with Gasteiger partial charge in [-0.2, -0.15) is 5.26 Å². The molecule has 0 bridgehead atoms. The lowest BCUT2D eigenvalue weighted by Crippen LogP contribution is -2.17. The fourth-order valence-corrected chi connectivity index (χ4v) is 1.03. The van der Waals surface area contributed by atoms with E-state index in [0.29, 0.717) is 5.76 Å². The van der Waals surface area contributed by atoms with Crippen LogP contribution in [0.2, 0.25) is 0 Å². The van der Waals surface area contributed by atoms with Crippen molar-refractivity contribution in [3.05, 3.63) is 23.7 Å². The molecule has 0 saturated carbocycles. The van der Waals surface area contributed by atoms with Crippen molar-refractivity contribution in [2.45, 2.75) is 13.0 Å². The molecule has 0 saturated heterocycles. The lowest BCUT2D eigenvalue weighted by molar-refractivity contribution is 0.307. The Balaban J connectivity index is 2.89. The molecule has 0 N–H and O–H groups in total. The molecule has 1 aromatic heterocycles. The van der Waals surface area contributed by atoms with E-state index < -0.39 is 0 Å². The molecular weight excluding hydrogens is 152 g/mol. The van der Waals surface area contributed by atoms with Crippen LogP contribution in [0.5, 0.6) is 0 Å². The second-order valence-corrected chi connectivity index (χ2v) is 2.94. The van der Waals surface area contributed by atoms with Gasteiger partial charge in [-0.25, -0.2) is 0 Å². The molecule has 0 spiro atoms. The molecule has 1 heterocycles. The lowest BCUT2D eigenvalue weighted by atomic mass is 10.2. The van der Waals surface area contributed by atoms with Crippen molar-refractivity contribution >= 4 is 0 Å². The number of hydrogen-bond acceptors (Lipinski definition) is 3. The first kappa shape index (κ1) is 8.82. The zero-order valence-electron chi connectivity index (χ0n) is 7.53. The smallest absolute Gasteiger partial charge is 0.156 e. The van der Waals surface area contributed by atoms with Gasteiger partial charge in [0, 0.05) is 0 Å². The Morgan fingerprint density at radius 2 is 2.17 bits per heavy atom. The molecule has 3 nitrogen and oxygen atoms in total. The monoisotopic (exact) mass is 164 g/mol. The minimum absolute atomic E-state index is 0.279. The molecule has 1 rings (SSSR count). The summed E-state index contributed by atoms with van der Waals surface area (Å²) >= 11 is 0. The van der Waals surface area contributed by atoms with E-state index in [1.54, 1.807) is 0 Å². The van der Waals surface area contributed by atoms with E-state index in [1.807, 2.05) is 38.1 Å². The van der Waals surface area contributed by atoms with E-state index in [4.69, 9.17) is 9.68 Å². The van der Waals surface area contributed by atoms with E-state index in [0.717, 1.165) is 5.76 Å². The van der Waals surface area contributed by atoms with Crippen molar-refractivity contribution in [3.8, 4) is 6.07 Å². The van der Waals surface area contributed by atoms with Crippen molar-refractivity contribution in [1.29, 1.82) is 5.26 Å². The van der Waals surface area contributed by atoms with Crippen LogP contribution in [-0.2, 0) is 0 Å². The SMILES string of the molecule is Cc1ccc([C@H](C#N)N(C)C)o1. The molecule has 0 fully saturated rings. The molecular formula is C9H12N2O. The molecule has 0 aliphatic rings. The summed E-state index contributed by atoms with van der Waals surface area (Å²) in [5.41, 5.74) is 0. The van der Waals surface area contributed by atoms with Crippen LogP contribution in [0.3, 0.4) is 0 Å². The van der Waals surface area contributed by atoms with Crippen LogP contribution >= 0.6 is 0 Å². The highest BCUT2D eigenvalue weighted by atomic mass is 16.3. The van der Waals surface area contributed by atoms with E-state index in [9.17, 15) is 0 Å². The molecule has 1 atom stereocenters. The van der Waals surface area contributed by atoms with Crippen LogP contribution in [0.1, 0.15) is 17.6 Å². The van der Waals surface area contributed by atoms with Gasteiger partial charge in [0.25, 0.3) is 0 Å². The molecule has 64 valence electrons. The molecule has 0 aromatic carbocycles. The van der Waals surface area contributed by atoms with Crippen molar-refractivity contribution in [2.75, 3.05) is 14.1 Å². The van der Waals surface area contributed by atoms with Crippen LogP contribution in [0.4, 0.5) is 0 Å². The second kappa shape index (κ2) is 3.42. The third-order valence-electron chi connectivity index (χ3n) is 1.67. The number of hydrogen-bond donors (Lipinski definition) is 0. The highest BCUT2D eigenvalue weighted by molar-refractivity contribution is 5.15. The molecule has 0 radical (unpaired) electrons. The van der Waals surface area contributed by atoms with Crippen molar-refractivity contribution < 1.29 is 4.42 Å². The van der Waals surface area contributed by atoms with Gasteiger partial charge in [0.1, 0.15) is 11.5 Å². The summed E-state index contributed by atoms with van der Waals surface area (Å²) in [6, 6.07) is 5.59. The van der Waals surface area contributed by atoms with Gasteiger partial charge >= 0.3 is 0 Å². The largest absolute Gasteiger partial charge is 0.464 e. The fourth-order valence-electron chi connectivity index (χ4n) is 1.03. The molecule has 1 aromatic rings. The Labute approximate surface area is 72.2 Å². The Morgan fingerprint density at radius 1 is 1.50 bits per heavy atom. The minimum atomic E-state index is -0.279. The summed E-state index contributed by atoms with van der Waals surface area (Å²) in [5.74, 6) is 1.55. The van der Waals surface area contributed by atoms with Crippen LogP contribution in [0, 0.1) is 18.3 Å². The normalized spacial score (nSPS) is 12.9. The van der Waals surface area contributed by atoms with Gasteiger partial charge in [-0.3, -0.25) is 4.90 Å². The number of rotatable bonds is 2. The van der Waals surface area contributed by atoms with Crippen molar-refractivity contribution in [2.24, 2.45) is 0 Å². The topological polar surface area (TPSA) is 40.2 Å². The zero-order valence-corrected chi connectivity index (χ0v) is 7.53. The Bertz CT molecular complexity index is 296. The standard InChI is InChI=1S/C9H12N2O/c1-7-4-5-9(12-7)8(6-10)11(2)3/h4-5,8H,1-3H3/t8-/m0/s1. The van der Waals surface area contributed by atoms with E-state index in [1.165, 1.54) is 0 Å². The zero-order chi connectivity index (χ0) is 9.14. The minimum Gasteiger partial charge on any atom is -0.464 e. The van der Waals surface area contributed by atoms with E-state index in [-0.39, 0.29) is 6.04 Å². The Morgan fingerprint density at radius 3 is 2.50 bits per heavy atom. The molecule has 3 heteroatoms. The summed E-state index contributed by atoms with van der Waals surface area (Å²) in [6.07, 6.45) is 0. The quantitative estimate of drug-likeness (QED) is 0.668. The number of aryl methyl sites for hydroxylation is 1. The average molecular weight is 164 g/mol. The fraction of sp³-hybridized carbons (Fsp3) is 0.444. The van der Waals surface area contributed by atoms with Crippen LogP contribution in [-0.4, -0.2) is 19.0 Å². The van der Waals surface area contributed by atoms with Gasteiger partial charge in [-0.15, -0.1) is 0 Å². The molecule has 0 unspecified atom stereocenters. The van der Waals surface area contributed by atoms with Gasteiger partial charge < -0.3 is 4.42 Å². The lowest BCUT2D eigenvalue weighted by Gasteiger charge is -2.13. The molecule has 12 heavy (non-hydrogen) atoms. The maximum absolute atomic E-state index is 8.81. The Kier molecular flexibility index (Phi) is 2.51. The summed E-state index contributed by atoms with van der Waals surface area (Å²) in [5, 5.41) is 8.81. The first-order valence-electron chi connectivity index (χ1n) is 3.77. The maximum atomic E-state index is 8.81. The third-order valence-corrected chi connectivity index (χ3v) is 1.67. The van der Waals surface area contributed by atoms with Gasteiger partial charge in [-0.1, -0.05) is 0 Å². The highest BCUT2D eigenvalue weighted by Gasteiger charge is 2.15. The first-order valence-corrected chi connectivity index (χ1v) is 3.77. The van der Waals surface area contributed by atoms with Crippen LogP contribution < -0.4 is 0 Å². The van der Waals surface area contributed by atoms with Gasteiger partial charge in [0.15, 0.2) is 6.04 Å². The second-order valence-electron chi connectivity index (χ2n) is 2.94. The number of nitrogens with zero attached hydrogens (tertiary/aromatic N) is 2. The van der Waals surface area contributed by atoms with Gasteiger partial charge in [-0.05, 0) is 33.2 Å². The van der Waals surface area contributed by atoms with Gasteiger partial charge in [0.05, 0.1) is 6.07 Å². The molecule has 0 amide bonds.